The molecule has 0 radical (unpaired) electrons. The number of aromatic nitrogens is 1. The number of hydrogen-bond donors (Lipinski definition) is 1. The van der Waals surface area contributed by atoms with Gasteiger partial charge in [-0.1, -0.05) is 36.4 Å². The SMILES string of the molecule is CC(N)c1oc(-c2ccc(OC(F)F)c(OCCCCC(=O)N3CCOCC3)c2)nc1C(=O)N1CCN(C(=O)c2cccc3ccccc23)CC1. The Bertz CT molecular complexity index is 1850. The number of piperazine rings is 1. The molecule has 270 valence electrons. The lowest BCUT2D eigenvalue weighted by atomic mass is 10.0. The van der Waals surface area contributed by atoms with Crippen molar-refractivity contribution in [2.45, 2.75) is 38.8 Å². The van der Waals surface area contributed by atoms with Crippen molar-refractivity contribution in [2.75, 3.05) is 59.1 Å². The monoisotopic (exact) mass is 705 g/mol. The standard InChI is InChI=1S/C37H41F2N5O7/c1-24(40)33-32(36(47)44-16-14-43(15-17-44)35(46)28-10-6-8-25-7-2-3-9-27(25)28)41-34(51-33)26-12-13-29(50-37(38)39)30(23-26)49-20-5-4-11-31(45)42-18-21-48-22-19-42/h2-3,6-10,12-13,23-24,37H,4-5,11,14-22,40H2,1H3. The van der Waals surface area contributed by atoms with Crippen LogP contribution in [0.3, 0.4) is 0 Å². The van der Waals surface area contributed by atoms with Crippen molar-refractivity contribution in [2.24, 2.45) is 5.73 Å². The summed E-state index contributed by atoms with van der Waals surface area (Å²) in [7, 11) is 0. The van der Waals surface area contributed by atoms with Crippen LogP contribution in [-0.4, -0.2) is 103 Å². The van der Waals surface area contributed by atoms with Crippen molar-refractivity contribution in [1.29, 1.82) is 0 Å². The minimum atomic E-state index is -3.08. The van der Waals surface area contributed by atoms with Crippen LogP contribution >= 0.6 is 0 Å². The summed E-state index contributed by atoms with van der Waals surface area (Å²) in [5.74, 6) is -0.368. The number of carbonyl (C=O) groups is 3. The number of ether oxygens (including phenoxy) is 3. The Balaban J connectivity index is 1.12. The van der Waals surface area contributed by atoms with E-state index in [1.807, 2.05) is 42.5 Å². The van der Waals surface area contributed by atoms with Gasteiger partial charge in [-0.3, -0.25) is 14.4 Å². The van der Waals surface area contributed by atoms with E-state index < -0.39 is 18.6 Å². The van der Waals surface area contributed by atoms with Crippen LogP contribution in [0.1, 0.15) is 58.8 Å². The van der Waals surface area contributed by atoms with E-state index in [1.165, 1.54) is 18.2 Å². The van der Waals surface area contributed by atoms with Crippen LogP contribution in [0.25, 0.3) is 22.2 Å². The highest BCUT2D eigenvalue weighted by atomic mass is 19.3. The molecule has 1 atom stereocenters. The van der Waals surface area contributed by atoms with E-state index in [0.717, 1.165) is 10.8 Å². The van der Waals surface area contributed by atoms with Gasteiger partial charge in [0.2, 0.25) is 11.8 Å². The third kappa shape index (κ3) is 8.46. The van der Waals surface area contributed by atoms with Crippen LogP contribution in [0.5, 0.6) is 11.5 Å². The second kappa shape index (κ2) is 16.3. The van der Waals surface area contributed by atoms with E-state index in [0.29, 0.717) is 69.8 Å². The average Bonchev–Trinajstić information content (AvgIpc) is 3.61. The van der Waals surface area contributed by atoms with Crippen molar-refractivity contribution in [3.63, 3.8) is 0 Å². The molecule has 2 fully saturated rings. The fourth-order valence-electron chi connectivity index (χ4n) is 6.24. The van der Waals surface area contributed by atoms with E-state index in [1.54, 1.807) is 21.6 Å². The smallest absolute Gasteiger partial charge is 0.387 e. The topological polar surface area (TPSA) is 141 Å². The molecule has 14 heteroatoms. The molecule has 0 saturated carbocycles. The van der Waals surface area contributed by atoms with E-state index in [-0.39, 0.29) is 60.4 Å². The zero-order valence-electron chi connectivity index (χ0n) is 28.4. The van der Waals surface area contributed by atoms with Crippen LogP contribution in [0, 0.1) is 0 Å². The summed E-state index contributed by atoms with van der Waals surface area (Å²) in [6, 6.07) is 16.9. The minimum absolute atomic E-state index is 0.0349. The molecule has 3 heterocycles. The van der Waals surface area contributed by atoms with Crippen molar-refractivity contribution < 1.29 is 41.8 Å². The summed E-state index contributed by atoms with van der Waals surface area (Å²) in [5.41, 5.74) is 7.21. The van der Waals surface area contributed by atoms with Crippen LogP contribution in [-0.2, 0) is 9.53 Å². The number of nitrogens with zero attached hydrogens (tertiary/aromatic N) is 4. The Labute approximate surface area is 294 Å². The summed E-state index contributed by atoms with van der Waals surface area (Å²) in [4.78, 5) is 49.3. The molecule has 2 aliphatic rings. The van der Waals surface area contributed by atoms with Gasteiger partial charge in [0.15, 0.2) is 23.0 Å². The van der Waals surface area contributed by atoms with Crippen molar-refractivity contribution in [3.05, 3.63) is 77.7 Å². The Morgan fingerprint density at radius 2 is 1.57 bits per heavy atom. The third-order valence-electron chi connectivity index (χ3n) is 8.96. The van der Waals surface area contributed by atoms with Gasteiger partial charge in [-0.25, -0.2) is 4.98 Å². The zero-order chi connectivity index (χ0) is 35.9. The van der Waals surface area contributed by atoms with Gasteiger partial charge in [0, 0.05) is 56.8 Å². The van der Waals surface area contributed by atoms with Crippen molar-refractivity contribution in [1.82, 2.24) is 19.7 Å². The second-order valence-electron chi connectivity index (χ2n) is 12.5. The first-order valence-corrected chi connectivity index (χ1v) is 17.1. The summed E-state index contributed by atoms with van der Waals surface area (Å²) in [6.07, 6.45) is 1.39. The van der Waals surface area contributed by atoms with E-state index in [4.69, 9.17) is 19.6 Å². The largest absolute Gasteiger partial charge is 0.490 e. The minimum Gasteiger partial charge on any atom is -0.490 e. The molecule has 1 aromatic heterocycles. The number of alkyl halides is 2. The number of halogens is 2. The number of amides is 3. The number of nitrogens with two attached hydrogens (primary N) is 1. The Hall–Kier alpha value is -5.08. The first-order chi connectivity index (χ1) is 24.7. The summed E-state index contributed by atoms with van der Waals surface area (Å²) < 4.78 is 48.2. The molecule has 6 rings (SSSR count). The average molecular weight is 706 g/mol. The Morgan fingerprint density at radius 1 is 0.863 bits per heavy atom. The molecular weight excluding hydrogens is 664 g/mol. The van der Waals surface area contributed by atoms with Crippen LogP contribution in [0.4, 0.5) is 8.78 Å². The molecular formula is C37H41F2N5O7. The number of unbranched alkanes of at least 4 members (excludes halogenated alkanes) is 1. The molecule has 0 bridgehead atoms. The van der Waals surface area contributed by atoms with Gasteiger partial charge < -0.3 is 39.1 Å². The van der Waals surface area contributed by atoms with Crippen molar-refractivity contribution >= 4 is 28.5 Å². The second-order valence-corrected chi connectivity index (χ2v) is 12.5. The fourth-order valence-corrected chi connectivity index (χ4v) is 6.24. The van der Waals surface area contributed by atoms with Gasteiger partial charge in [0.25, 0.3) is 11.8 Å². The zero-order valence-corrected chi connectivity index (χ0v) is 28.4. The van der Waals surface area contributed by atoms with Crippen LogP contribution in [0.2, 0.25) is 0 Å². The number of morpholine rings is 1. The lowest BCUT2D eigenvalue weighted by Crippen LogP contribution is -2.50. The number of benzene rings is 3. The molecule has 1 unspecified atom stereocenters. The highest BCUT2D eigenvalue weighted by Gasteiger charge is 2.31. The molecule has 3 amide bonds. The van der Waals surface area contributed by atoms with E-state index >= 15 is 0 Å². The number of carbonyl (C=O) groups excluding carboxylic acids is 3. The molecule has 2 saturated heterocycles. The van der Waals surface area contributed by atoms with E-state index in [9.17, 15) is 23.2 Å². The maximum absolute atomic E-state index is 13.8. The molecule has 0 aliphatic carbocycles. The Morgan fingerprint density at radius 3 is 2.29 bits per heavy atom. The van der Waals surface area contributed by atoms with Gasteiger partial charge in [0.05, 0.1) is 25.9 Å². The lowest BCUT2D eigenvalue weighted by Gasteiger charge is -2.34. The summed E-state index contributed by atoms with van der Waals surface area (Å²) >= 11 is 0. The van der Waals surface area contributed by atoms with Gasteiger partial charge in [-0.15, -0.1) is 0 Å². The summed E-state index contributed by atoms with van der Waals surface area (Å²) in [5, 5.41) is 1.85. The number of fused-ring (bicyclic) bond motifs is 1. The normalized spacial score (nSPS) is 15.7. The van der Waals surface area contributed by atoms with Crippen LogP contribution < -0.4 is 15.2 Å². The van der Waals surface area contributed by atoms with Gasteiger partial charge in [-0.05, 0) is 54.8 Å². The van der Waals surface area contributed by atoms with Gasteiger partial charge in [0.1, 0.15) is 0 Å². The number of hydrogen-bond acceptors (Lipinski definition) is 9. The first kappa shape index (κ1) is 35.7. The first-order valence-electron chi connectivity index (χ1n) is 17.1. The maximum Gasteiger partial charge on any atom is 0.387 e. The number of oxazole rings is 1. The molecule has 0 spiro atoms. The predicted molar refractivity (Wildman–Crippen MR) is 184 cm³/mol. The Kier molecular flexibility index (Phi) is 11.4. The molecule has 12 nitrogen and oxygen atoms in total. The molecule has 3 aromatic carbocycles. The van der Waals surface area contributed by atoms with Crippen LogP contribution in [0.15, 0.2) is 65.1 Å². The van der Waals surface area contributed by atoms with E-state index in [2.05, 4.69) is 9.72 Å². The van der Waals surface area contributed by atoms with Crippen molar-refractivity contribution in [3.8, 4) is 23.0 Å². The third-order valence-corrected chi connectivity index (χ3v) is 8.96. The quantitative estimate of drug-likeness (QED) is 0.199. The summed E-state index contributed by atoms with van der Waals surface area (Å²) in [6.45, 7) is 2.15. The lowest BCUT2D eigenvalue weighted by molar-refractivity contribution is -0.135. The maximum atomic E-state index is 13.8. The molecule has 4 aromatic rings. The highest BCUT2D eigenvalue weighted by molar-refractivity contribution is 6.07. The fraction of sp³-hybridized carbons (Fsp3) is 0.405. The van der Waals surface area contributed by atoms with Gasteiger partial charge in [-0.2, -0.15) is 8.78 Å². The molecule has 2 N–H and O–H groups in total. The highest BCUT2D eigenvalue weighted by Crippen LogP contribution is 2.35. The predicted octanol–water partition coefficient (Wildman–Crippen LogP) is 5.12. The molecule has 51 heavy (non-hydrogen) atoms. The molecule has 2 aliphatic heterocycles. The van der Waals surface area contributed by atoms with Gasteiger partial charge >= 0.3 is 6.61 Å². The number of rotatable bonds is 12.